The third-order valence-corrected chi connectivity index (χ3v) is 5.13. The number of carbonyl (C=O) groups is 1. The fraction of sp³-hybridized carbons (Fsp3) is 0.250. The topological polar surface area (TPSA) is 63.2 Å². The van der Waals surface area contributed by atoms with Crippen LogP contribution in [-0.4, -0.2) is 32.2 Å². The highest BCUT2D eigenvalue weighted by atomic mass is 16.6. The normalized spacial score (nSPS) is 12.4. The van der Waals surface area contributed by atoms with Crippen LogP contribution in [0, 0.1) is 0 Å². The van der Waals surface area contributed by atoms with E-state index in [4.69, 9.17) is 23.7 Å². The van der Waals surface area contributed by atoms with Crippen molar-refractivity contribution in [1.29, 1.82) is 0 Å². The number of ketones is 1. The van der Waals surface area contributed by atoms with Gasteiger partial charge in [0.2, 0.25) is 0 Å². The molecule has 0 aromatic heterocycles. The standard InChI is InChI=1S/C28H28O6/c1-3-30-25-12-9-21(17-27(25)31-4-2)19-34-23-7-5-6-20(16-23)8-11-24(29)22-10-13-26-28(18-22)33-15-14-32-26/h5-13,16-18H,3-4,14-15,19H2,1-2H3/b11-8+. The molecule has 4 rings (SSSR count). The number of carbonyl (C=O) groups excluding carboxylic acids is 1. The molecule has 0 spiro atoms. The summed E-state index contributed by atoms with van der Waals surface area (Å²) in [6.07, 6.45) is 3.32. The molecule has 1 aliphatic heterocycles. The molecular formula is C28H28O6. The molecule has 0 bridgehead atoms. The van der Waals surface area contributed by atoms with Crippen molar-refractivity contribution < 1.29 is 28.5 Å². The van der Waals surface area contributed by atoms with Gasteiger partial charge in [-0.1, -0.05) is 24.3 Å². The smallest absolute Gasteiger partial charge is 0.185 e. The Balaban J connectivity index is 1.40. The molecule has 0 amide bonds. The monoisotopic (exact) mass is 460 g/mol. The van der Waals surface area contributed by atoms with Crippen LogP contribution in [-0.2, 0) is 6.61 Å². The number of fused-ring (bicyclic) bond motifs is 1. The van der Waals surface area contributed by atoms with Crippen molar-refractivity contribution >= 4 is 11.9 Å². The third-order valence-electron chi connectivity index (χ3n) is 5.13. The van der Waals surface area contributed by atoms with Crippen LogP contribution in [0.5, 0.6) is 28.7 Å². The van der Waals surface area contributed by atoms with Crippen molar-refractivity contribution in [2.75, 3.05) is 26.4 Å². The number of ether oxygens (including phenoxy) is 5. The summed E-state index contributed by atoms with van der Waals surface area (Å²) in [4.78, 5) is 12.6. The Morgan fingerprint density at radius 1 is 0.853 bits per heavy atom. The molecule has 1 aliphatic rings. The second-order valence-electron chi connectivity index (χ2n) is 7.56. The predicted molar refractivity (Wildman–Crippen MR) is 130 cm³/mol. The minimum absolute atomic E-state index is 0.110. The van der Waals surface area contributed by atoms with Crippen molar-refractivity contribution in [2.45, 2.75) is 20.5 Å². The van der Waals surface area contributed by atoms with Gasteiger partial charge in [0.15, 0.2) is 28.8 Å². The van der Waals surface area contributed by atoms with Crippen LogP contribution in [0.3, 0.4) is 0 Å². The maximum atomic E-state index is 12.6. The van der Waals surface area contributed by atoms with Crippen molar-refractivity contribution in [1.82, 2.24) is 0 Å². The molecular weight excluding hydrogens is 432 g/mol. The minimum atomic E-state index is -0.110. The molecule has 3 aromatic rings. The average molecular weight is 461 g/mol. The van der Waals surface area contributed by atoms with Gasteiger partial charge in [0.05, 0.1) is 13.2 Å². The zero-order valence-corrected chi connectivity index (χ0v) is 19.4. The lowest BCUT2D eigenvalue weighted by atomic mass is 10.1. The molecule has 0 saturated carbocycles. The van der Waals surface area contributed by atoms with E-state index in [1.165, 1.54) is 0 Å². The van der Waals surface area contributed by atoms with Crippen molar-refractivity contribution in [2.24, 2.45) is 0 Å². The van der Waals surface area contributed by atoms with E-state index in [2.05, 4.69) is 0 Å². The summed E-state index contributed by atoms with van der Waals surface area (Å²) < 4.78 is 28.3. The van der Waals surface area contributed by atoms with Gasteiger partial charge in [0, 0.05) is 5.56 Å². The second-order valence-corrected chi connectivity index (χ2v) is 7.56. The SMILES string of the molecule is CCOc1ccc(COc2cccc(/C=C/C(=O)c3ccc4c(c3)OCCO4)c2)cc1OCC. The summed E-state index contributed by atoms with van der Waals surface area (Å²) in [5, 5.41) is 0. The van der Waals surface area contributed by atoms with Gasteiger partial charge in [-0.3, -0.25) is 4.79 Å². The van der Waals surface area contributed by atoms with Crippen LogP contribution in [0.15, 0.2) is 66.7 Å². The highest BCUT2D eigenvalue weighted by molar-refractivity contribution is 6.07. The van der Waals surface area contributed by atoms with E-state index in [9.17, 15) is 4.79 Å². The van der Waals surface area contributed by atoms with Crippen LogP contribution < -0.4 is 23.7 Å². The van der Waals surface area contributed by atoms with E-state index in [-0.39, 0.29) is 5.78 Å². The average Bonchev–Trinajstić information content (AvgIpc) is 2.87. The van der Waals surface area contributed by atoms with Gasteiger partial charge in [-0.25, -0.2) is 0 Å². The zero-order valence-electron chi connectivity index (χ0n) is 19.4. The number of hydrogen-bond donors (Lipinski definition) is 0. The molecule has 0 N–H and O–H groups in total. The summed E-state index contributed by atoms with van der Waals surface area (Å²) in [5.74, 6) is 3.30. The highest BCUT2D eigenvalue weighted by Gasteiger charge is 2.14. The largest absolute Gasteiger partial charge is 0.490 e. The van der Waals surface area contributed by atoms with Crippen LogP contribution in [0.25, 0.3) is 6.08 Å². The van der Waals surface area contributed by atoms with Crippen LogP contribution in [0.4, 0.5) is 0 Å². The molecule has 0 saturated heterocycles. The first-order valence-electron chi connectivity index (χ1n) is 11.4. The van der Waals surface area contributed by atoms with Gasteiger partial charge >= 0.3 is 0 Å². The Labute approximate surface area is 199 Å². The van der Waals surface area contributed by atoms with E-state index in [0.29, 0.717) is 61.6 Å². The van der Waals surface area contributed by atoms with E-state index in [1.807, 2.05) is 56.3 Å². The first-order chi connectivity index (χ1) is 16.7. The maximum absolute atomic E-state index is 12.6. The minimum Gasteiger partial charge on any atom is -0.490 e. The van der Waals surface area contributed by atoms with E-state index in [0.717, 1.165) is 16.9 Å². The number of hydrogen-bond acceptors (Lipinski definition) is 6. The highest BCUT2D eigenvalue weighted by Crippen LogP contribution is 2.31. The summed E-state index contributed by atoms with van der Waals surface area (Å²) in [7, 11) is 0. The molecule has 3 aromatic carbocycles. The molecule has 6 heteroatoms. The fourth-order valence-corrected chi connectivity index (χ4v) is 3.52. The van der Waals surface area contributed by atoms with Crippen molar-refractivity contribution in [3.8, 4) is 28.7 Å². The lowest BCUT2D eigenvalue weighted by molar-refractivity contribution is 0.104. The summed E-state index contributed by atoms with van der Waals surface area (Å²) >= 11 is 0. The molecule has 0 atom stereocenters. The zero-order chi connectivity index (χ0) is 23.8. The Morgan fingerprint density at radius 3 is 2.47 bits per heavy atom. The van der Waals surface area contributed by atoms with Crippen molar-refractivity contribution in [3.05, 3.63) is 83.4 Å². The third kappa shape index (κ3) is 5.90. The molecule has 176 valence electrons. The van der Waals surface area contributed by atoms with E-state index >= 15 is 0 Å². The maximum Gasteiger partial charge on any atom is 0.185 e. The van der Waals surface area contributed by atoms with Crippen LogP contribution in [0.2, 0.25) is 0 Å². The molecule has 0 fully saturated rings. The summed E-state index contributed by atoms with van der Waals surface area (Å²) in [5.41, 5.74) is 2.39. The Kier molecular flexibility index (Phi) is 7.71. The first-order valence-corrected chi connectivity index (χ1v) is 11.4. The van der Waals surface area contributed by atoms with Crippen LogP contribution >= 0.6 is 0 Å². The molecule has 1 heterocycles. The van der Waals surface area contributed by atoms with Gasteiger partial charge in [0.1, 0.15) is 25.6 Å². The summed E-state index contributed by atoms with van der Waals surface area (Å²) in [6, 6.07) is 18.6. The quantitative estimate of drug-likeness (QED) is 0.284. The molecule has 0 aliphatic carbocycles. The molecule has 6 nitrogen and oxygen atoms in total. The predicted octanol–water partition coefficient (Wildman–Crippen LogP) is 5.73. The van der Waals surface area contributed by atoms with Gasteiger partial charge in [-0.2, -0.15) is 0 Å². The van der Waals surface area contributed by atoms with Gasteiger partial charge in [-0.15, -0.1) is 0 Å². The lowest BCUT2D eigenvalue weighted by Gasteiger charge is -2.18. The van der Waals surface area contributed by atoms with E-state index in [1.54, 1.807) is 30.4 Å². The Morgan fingerprint density at radius 2 is 1.65 bits per heavy atom. The van der Waals surface area contributed by atoms with E-state index < -0.39 is 0 Å². The van der Waals surface area contributed by atoms with Crippen molar-refractivity contribution in [3.63, 3.8) is 0 Å². The second kappa shape index (κ2) is 11.3. The Hall–Kier alpha value is -3.93. The van der Waals surface area contributed by atoms with Gasteiger partial charge < -0.3 is 23.7 Å². The lowest BCUT2D eigenvalue weighted by Crippen LogP contribution is -2.15. The van der Waals surface area contributed by atoms with Crippen LogP contribution in [0.1, 0.15) is 35.3 Å². The van der Waals surface area contributed by atoms with Gasteiger partial charge in [0.25, 0.3) is 0 Å². The Bertz CT molecular complexity index is 1170. The first kappa shape index (κ1) is 23.2. The summed E-state index contributed by atoms with van der Waals surface area (Å²) in [6.45, 7) is 6.41. The fourth-order valence-electron chi connectivity index (χ4n) is 3.52. The number of rotatable bonds is 10. The number of allylic oxidation sites excluding steroid dienone is 1. The number of benzene rings is 3. The van der Waals surface area contributed by atoms with Gasteiger partial charge in [-0.05, 0) is 73.5 Å². The molecule has 0 radical (unpaired) electrons. The molecule has 0 unspecified atom stereocenters. The molecule has 34 heavy (non-hydrogen) atoms.